The summed E-state index contributed by atoms with van der Waals surface area (Å²) in [4.78, 5) is 22.3. The Morgan fingerprint density at radius 2 is 1.04 bits per heavy atom. The smallest absolute Gasteiger partial charge is 0.305 e. The highest BCUT2D eigenvalue weighted by atomic mass is 16.5. The van der Waals surface area contributed by atoms with Gasteiger partial charge in [0.05, 0.1) is 14.2 Å². The minimum absolute atomic E-state index is 0.0666. The van der Waals surface area contributed by atoms with Gasteiger partial charge in [0.2, 0.25) is 0 Å². The van der Waals surface area contributed by atoms with Gasteiger partial charge in [0.15, 0.2) is 0 Å². The Morgan fingerprint density at radius 1 is 0.630 bits per heavy atom. The molecule has 0 aliphatic carbocycles. The van der Waals surface area contributed by atoms with Crippen LogP contribution in [0.1, 0.15) is 116 Å². The van der Waals surface area contributed by atoms with Crippen LogP contribution in [0.5, 0.6) is 0 Å². The standard InChI is InChI=1S/C23H44O4/c1-4-21(20-23(25)27-3)18-16-14-12-10-8-6-5-7-9-11-13-15-17-19-22(24)26-2/h21H,4-20H2,1-3H3. The molecule has 4 nitrogen and oxygen atoms in total. The van der Waals surface area contributed by atoms with Crippen molar-refractivity contribution in [1.82, 2.24) is 0 Å². The first kappa shape index (κ1) is 25.9. The minimum atomic E-state index is -0.0821. The van der Waals surface area contributed by atoms with E-state index < -0.39 is 0 Å². The number of hydrogen-bond acceptors (Lipinski definition) is 4. The normalized spacial score (nSPS) is 12.0. The van der Waals surface area contributed by atoms with Crippen molar-refractivity contribution in [2.75, 3.05) is 14.2 Å². The van der Waals surface area contributed by atoms with Crippen LogP contribution < -0.4 is 0 Å². The number of carbonyl (C=O) groups is 2. The van der Waals surface area contributed by atoms with Crippen LogP contribution in [0.3, 0.4) is 0 Å². The van der Waals surface area contributed by atoms with Gasteiger partial charge in [-0.1, -0.05) is 90.4 Å². The number of carbonyl (C=O) groups excluding carboxylic acids is 2. The van der Waals surface area contributed by atoms with Crippen LogP contribution in [0.2, 0.25) is 0 Å². The van der Waals surface area contributed by atoms with E-state index in [1.54, 1.807) is 0 Å². The van der Waals surface area contributed by atoms with Crippen LogP contribution in [0, 0.1) is 5.92 Å². The summed E-state index contributed by atoms with van der Waals surface area (Å²) in [5.74, 6) is 0.349. The van der Waals surface area contributed by atoms with Crippen molar-refractivity contribution in [1.29, 1.82) is 0 Å². The zero-order chi connectivity index (χ0) is 20.2. The summed E-state index contributed by atoms with van der Waals surface area (Å²) in [6.45, 7) is 2.16. The Hall–Kier alpha value is -1.06. The number of hydrogen-bond donors (Lipinski definition) is 0. The van der Waals surface area contributed by atoms with Crippen molar-refractivity contribution < 1.29 is 19.1 Å². The van der Waals surface area contributed by atoms with Gasteiger partial charge in [-0.25, -0.2) is 0 Å². The first-order valence-electron chi connectivity index (χ1n) is 11.3. The second-order valence-electron chi connectivity index (χ2n) is 7.77. The summed E-state index contributed by atoms with van der Waals surface area (Å²) in [5.41, 5.74) is 0. The summed E-state index contributed by atoms with van der Waals surface area (Å²) in [5, 5.41) is 0. The predicted molar refractivity (Wildman–Crippen MR) is 112 cm³/mol. The third kappa shape index (κ3) is 18.1. The Morgan fingerprint density at radius 3 is 1.44 bits per heavy atom. The van der Waals surface area contributed by atoms with Crippen LogP contribution in [0.15, 0.2) is 0 Å². The topological polar surface area (TPSA) is 52.6 Å². The van der Waals surface area contributed by atoms with Gasteiger partial charge in [-0.3, -0.25) is 9.59 Å². The second-order valence-corrected chi connectivity index (χ2v) is 7.77. The molecule has 4 heteroatoms. The summed E-state index contributed by atoms with van der Waals surface area (Å²) >= 11 is 0. The summed E-state index contributed by atoms with van der Waals surface area (Å²) in [6, 6.07) is 0. The van der Waals surface area contributed by atoms with Crippen LogP contribution in [-0.2, 0) is 19.1 Å². The van der Waals surface area contributed by atoms with E-state index >= 15 is 0 Å². The molecule has 0 saturated carbocycles. The van der Waals surface area contributed by atoms with Crippen molar-refractivity contribution in [3.8, 4) is 0 Å². The lowest BCUT2D eigenvalue weighted by Gasteiger charge is -2.12. The molecule has 0 heterocycles. The number of unbranched alkanes of at least 4 members (excludes halogenated alkanes) is 12. The zero-order valence-corrected chi connectivity index (χ0v) is 18.2. The quantitative estimate of drug-likeness (QED) is 0.186. The van der Waals surface area contributed by atoms with E-state index in [2.05, 4.69) is 11.7 Å². The molecule has 1 unspecified atom stereocenters. The molecule has 27 heavy (non-hydrogen) atoms. The van der Waals surface area contributed by atoms with Gasteiger partial charge in [0.25, 0.3) is 0 Å². The maximum absolute atomic E-state index is 11.3. The van der Waals surface area contributed by atoms with Crippen LogP contribution in [-0.4, -0.2) is 26.2 Å². The fourth-order valence-electron chi connectivity index (χ4n) is 3.52. The Kier molecular flexibility index (Phi) is 18.9. The summed E-state index contributed by atoms with van der Waals surface area (Å²) in [7, 11) is 2.93. The van der Waals surface area contributed by atoms with Gasteiger partial charge in [-0.05, 0) is 18.8 Å². The van der Waals surface area contributed by atoms with Crippen molar-refractivity contribution in [2.45, 2.75) is 116 Å². The molecule has 0 radical (unpaired) electrons. The van der Waals surface area contributed by atoms with Crippen LogP contribution in [0.25, 0.3) is 0 Å². The van der Waals surface area contributed by atoms with E-state index in [-0.39, 0.29) is 11.9 Å². The number of rotatable bonds is 19. The number of esters is 2. The molecule has 0 aliphatic rings. The Bertz CT molecular complexity index is 354. The molecule has 0 aromatic heterocycles. The van der Waals surface area contributed by atoms with Gasteiger partial charge >= 0.3 is 11.9 Å². The molecule has 0 spiro atoms. The second kappa shape index (κ2) is 19.7. The molecule has 0 N–H and O–H groups in total. The average molecular weight is 385 g/mol. The van der Waals surface area contributed by atoms with Crippen molar-refractivity contribution in [2.24, 2.45) is 5.92 Å². The van der Waals surface area contributed by atoms with Gasteiger partial charge in [0.1, 0.15) is 0 Å². The van der Waals surface area contributed by atoms with E-state index in [1.807, 2.05) is 0 Å². The van der Waals surface area contributed by atoms with E-state index in [0.717, 1.165) is 25.7 Å². The maximum Gasteiger partial charge on any atom is 0.305 e. The van der Waals surface area contributed by atoms with Gasteiger partial charge in [-0.2, -0.15) is 0 Å². The molecule has 0 saturated heterocycles. The van der Waals surface area contributed by atoms with E-state index in [0.29, 0.717) is 18.8 Å². The third-order valence-electron chi connectivity index (χ3n) is 5.48. The first-order chi connectivity index (χ1) is 13.1. The highest BCUT2D eigenvalue weighted by Crippen LogP contribution is 2.19. The molecule has 0 amide bonds. The fraction of sp³-hybridized carbons (Fsp3) is 0.913. The molecular weight excluding hydrogens is 340 g/mol. The van der Waals surface area contributed by atoms with Crippen molar-refractivity contribution in [3.63, 3.8) is 0 Å². The SMILES string of the molecule is CCC(CCCCCCCCCCCCCCCC(=O)OC)CC(=O)OC. The minimum Gasteiger partial charge on any atom is -0.469 e. The molecule has 0 rings (SSSR count). The molecular formula is C23H44O4. The van der Waals surface area contributed by atoms with Gasteiger partial charge in [-0.15, -0.1) is 0 Å². The maximum atomic E-state index is 11.3. The Balaban J connectivity index is 3.24. The lowest BCUT2D eigenvalue weighted by Crippen LogP contribution is -2.09. The number of methoxy groups -OCH3 is 2. The van der Waals surface area contributed by atoms with E-state index in [1.165, 1.54) is 84.8 Å². The average Bonchev–Trinajstić information content (AvgIpc) is 2.69. The summed E-state index contributed by atoms with van der Waals surface area (Å²) in [6.07, 6.45) is 20.0. The largest absolute Gasteiger partial charge is 0.469 e. The predicted octanol–water partition coefficient (Wildman–Crippen LogP) is 6.60. The van der Waals surface area contributed by atoms with Crippen LogP contribution in [0.4, 0.5) is 0 Å². The summed E-state index contributed by atoms with van der Waals surface area (Å²) < 4.78 is 9.40. The lowest BCUT2D eigenvalue weighted by atomic mass is 9.95. The highest BCUT2D eigenvalue weighted by molar-refractivity contribution is 5.69. The van der Waals surface area contributed by atoms with Crippen molar-refractivity contribution in [3.05, 3.63) is 0 Å². The highest BCUT2D eigenvalue weighted by Gasteiger charge is 2.11. The molecule has 1 atom stereocenters. The first-order valence-corrected chi connectivity index (χ1v) is 11.3. The molecule has 0 aromatic rings. The zero-order valence-electron chi connectivity index (χ0n) is 18.2. The lowest BCUT2D eigenvalue weighted by molar-refractivity contribution is -0.142. The van der Waals surface area contributed by atoms with Crippen LogP contribution >= 0.6 is 0 Å². The monoisotopic (exact) mass is 384 g/mol. The van der Waals surface area contributed by atoms with E-state index in [9.17, 15) is 9.59 Å². The Labute approximate surface area is 167 Å². The molecule has 0 bridgehead atoms. The molecule has 160 valence electrons. The van der Waals surface area contributed by atoms with Gasteiger partial charge in [0, 0.05) is 12.8 Å². The fourth-order valence-corrected chi connectivity index (χ4v) is 3.52. The molecule has 0 aliphatic heterocycles. The molecule has 0 aromatic carbocycles. The molecule has 0 fully saturated rings. The van der Waals surface area contributed by atoms with Crippen molar-refractivity contribution >= 4 is 11.9 Å². The van der Waals surface area contributed by atoms with Gasteiger partial charge < -0.3 is 9.47 Å². The number of ether oxygens (including phenoxy) is 2. The third-order valence-corrected chi connectivity index (χ3v) is 5.48. The van der Waals surface area contributed by atoms with E-state index in [4.69, 9.17) is 4.74 Å².